The SMILES string of the molecule is O=C1CCCN1Cc1cn(C2CN(C(=O)C3CC3)C2)nn1. The van der Waals surface area contributed by atoms with Crippen molar-refractivity contribution in [3.63, 3.8) is 0 Å². The summed E-state index contributed by atoms with van der Waals surface area (Å²) >= 11 is 0. The van der Waals surface area contributed by atoms with Crippen LogP contribution in [0.25, 0.3) is 0 Å². The highest BCUT2D eigenvalue weighted by atomic mass is 16.2. The second-order valence-electron chi connectivity index (χ2n) is 6.28. The monoisotopic (exact) mass is 289 g/mol. The van der Waals surface area contributed by atoms with Crippen molar-refractivity contribution in [2.24, 2.45) is 5.92 Å². The molecule has 2 amide bonds. The van der Waals surface area contributed by atoms with Crippen molar-refractivity contribution in [1.82, 2.24) is 24.8 Å². The molecule has 0 radical (unpaired) electrons. The van der Waals surface area contributed by atoms with Crippen LogP contribution in [0.3, 0.4) is 0 Å². The van der Waals surface area contributed by atoms with Gasteiger partial charge in [0.2, 0.25) is 11.8 Å². The lowest BCUT2D eigenvalue weighted by Crippen LogP contribution is -2.51. The molecular formula is C14H19N5O2. The van der Waals surface area contributed by atoms with Crippen molar-refractivity contribution in [2.75, 3.05) is 19.6 Å². The maximum Gasteiger partial charge on any atom is 0.225 e. The summed E-state index contributed by atoms with van der Waals surface area (Å²) < 4.78 is 1.84. The molecule has 0 spiro atoms. The fourth-order valence-electron chi connectivity index (χ4n) is 3.02. The van der Waals surface area contributed by atoms with Gasteiger partial charge in [-0.2, -0.15) is 0 Å². The molecule has 2 saturated heterocycles. The Morgan fingerprint density at radius 3 is 2.81 bits per heavy atom. The summed E-state index contributed by atoms with van der Waals surface area (Å²) in [4.78, 5) is 27.2. The first-order chi connectivity index (χ1) is 10.2. The smallest absolute Gasteiger partial charge is 0.225 e. The number of hydrogen-bond acceptors (Lipinski definition) is 4. The van der Waals surface area contributed by atoms with Gasteiger partial charge in [-0.3, -0.25) is 9.59 Å². The summed E-state index contributed by atoms with van der Waals surface area (Å²) in [6.07, 6.45) is 5.60. The van der Waals surface area contributed by atoms with Crippen molar-refractivity contribution >= 4 is 11.8 Å². The van der Waals surface area contributed by atoms with Crippen molar-refractivity contribution in [3.8, 4) is 0 Å². The Bertz CT molecular complexity index is 574. The number of rotatable bonds is 4. The molecule has 1 aromatic rings. The third-order valence-electron chi connectivity index (χ3n) is 4.56. The molecule has 21 heavy (non-hydrogen) atoms. The van der Waals surface area contributed by atoms with Crippen LogP contribution in [-0.2, 0) is 16.1 Å². The van der Waals surface area contributed by atoms with E-state index in [1.807, 2.05) is 20.7 Å². The van der Waals surface area contributed by atoms with Gasteiger partial charge in [0, 0.05) is 32.0 Å². The quantitative estimate of drug-likeness (QED) is 0.793. The van der Waals surface area contributed by atoms with Crippen LogP contribution in [0.2, 0.25) is 0 Å². The number of aromatic nitrogens is 3. The number of amides is 2. The topological polar surface area (TPSA) is 71.3 Å². The van der Waals surface area contributed by atoms with Crippen molar-refractivity contribution in [3.05, 3.63) is 11.9 Å². The lowest BCUT2D eigenvalue weighted by Gasteiger charge is -2.39. The summed E-state index contributed by atoms with van der Waals surface area (Å²) in [6.45, 7) is 2.84. The van der Waals surface area contributed by atoms with Crippen LogP contribution in [0.15, 0.2) is 6.20 Å². The number of carbonyl (C=O) groups excluding carboxylic acids is 2. The molecule has 0 aromatic carbocycles. The zero-order valence-electron chi connectivity index (χ0n) is 11.9. The van der Waals surface area contributed by atoms with E-state index >= 15 is 0 Å². The van der Waals surface area contributed by atoms with Gasteiger partial charge in [0.1, 0.15) is 5.69 Å². The van der Waals surface area contributed by atoms with Crippen LogP contribution in [-0.4, -0.2) is 56.2 Å². The van der Waals surface area contributed by atoms with E-state index in [9.17, 15) is 9.59 Å². The maximum atomic E-state index is 11.9. The maximum absolute atomic E-state index is 11.9. The van der Waals surface area contributed by atoms with E-state index in [0.29, 0.717) is 24.8 Å². The van der Waals surface area contributed by atoms with Crippen LogP contribution in [0.5, 0.6) is 0 Å². The van der Waals surface area contributed by atoms with E-state index in [4.69, 9.17) is 0 Å². The van der Waals surface area contributed by atoms with Crippen molar-refractivity contribution in [1.29, 1.82) is 0 Å². The van der Waals surface area contributed by atoms with Gasteiger partial charge >= 0.3 is 0 Å². The van der Waals surface area contributed by atoms with Crippen LogP contribution < -0.4 is 0 Å². The Morgan fingerprint density at radius 1 is 1.33 bits per heavy atom. The number of likely N-dealkylation sites (tertiary alicyclic amines) is 2. The Labute approximate surface area is 122 Å². The largest absolute Gasteiger partial charge is 0.338 e. The molecule has 0 atom stereocenters. The molecule has 3 fully saturated rings. The van der Waals surface area contributed by atoms with Crippen LogP contribution in [0, 0.1) is 5.92 Å². The molecular weight excluding hydrogens is 270 g/mol. The van der Waals surface area contributed by atoms with Crippen LogP contribution in [0.4, 0.5) is 0 Å². The Balaban J connectivity index is 1.33. The first kappa shape index (κ1) is 12.8. The normalized spacial score (nSPS) is 22.8. The molecule has 0 unspecified atom stereocenters. The number of carbonyl (C=O) groups is 2. The molecule has 112 valence electrons. The van der Waals surface area contributed by atoms with E-state index in [-0.39, 0.29) is 11.9 Å². The van der Waals surface area contributed by atoms with E-state index in [2.05, 4.69) is 10.3 Å². The summed E-state index contributed by atoms with van der Waals surface area (Å²) in [5, 5.41) is 8.30. The first-order valence-electron chi connectivity index (χ1n) is 7.68. The molecule has 7 heteroatoms. The van der Waals surface area contributed by atoms with E-state index in [1.54, 1.807) is 0 Å². The predicted octanol–water partition coefficient (Wildman–Crippen LogP) is 0.194. The molecule has 1 saturated carbocycles. The van der Waals surface area contributed by atoms with E-state index in [0.717, 1.165) is 44.6 Å². The molecule has 1 aliphatic carbocycles. The fraction of sp³-hybridized carbons (Fsp3) is 0.714. The van der Waals surface area contributed by atoms with Crippen LogP contribution >= 0.6 is 0 Å². The minimum atomic E-state index is 0.203. The lowest BCUT2D eigenvalue weighted by molar-refractivity contribution is -0.138. The van der Waals surface area contributed by atoms with E-state index < -0.39 is 0 Å². The minimum absolute atomic E-state index is 0.203. The molecule has 0 N–H and O–H groups in total. The summed E-state index contributed by atoms with van der Waals surface area (Å²) in [5.74, 6) is 0.794. The molecule has 3 heterocycles. The Kier molecular flexibility index (Phi) is 2.94. The fourth-order valence-corrected chi connectivity index (χ4v) is 3.02. The first-order valence-corrected chi connectivity index (χ1v) is 7.68. The third-order valence-corrected chi connectivity index (χ3v) is 4.56. The Morgan fingerprint density at radius 2 is 2.14 bits per heavy atom. The van der Waals surface area contributed by atoms with Gasteiger partial charge in [0.05, 0.1) is 18.8 Å². The van der Waals surface area contributed by atoms with Gasteiger partial charge in [0.25, 0.3) is 0 Å². The Hall–Kier alpha value is -1.92. The average molecular weight is 289 g/mol. The zero-order valence-corrected chi connectivity index (χ0v) is 11.9. The lowest BCUT2D eigenvalue weighted by atomic mass is 10.1. The third kappa shape index (κ3) is 2.41. The molecule has 7 nitrogen and oxygen atoms in total. The van der Waals surface area contributed by atoms with Crippen molar-refractivity contribution in [2.45, 2.75) is 38.3 Å². The van der Waals surface area contributed by atoms with Crippen LogP contribution in [0.1, 0.15) is 37.4 Å². The van der Waals surface area contributed by atoms with Gasteiger partial charge in [-0.25, -0.2) is 4.68 Å². The highest BCUT2D eigenvalue weighted by Gasteiger charge is 2.40. The number of nitrogens with zero attached hydrogens (tertiary/aromatic N) is 5. The standard InChI is InChI=1S/C14H19N5O2/c20-13-2-1-5-17(13)6-11-7-19(16-15-11)12-8-18(9-12)14(21)10-3-4-10/h7,10,12H,1-6,8-9H2. The summed E-state index contributed by atoms with van der Waals surface area (Å²) in [7, 11) is 0. The molecule has 1 aromatic heterocycles. The second-order valence-corrected chi connectivity index (χ2v) is 6.28. The molecule has 2 aliphatic heterocycles. The number of hydrogen-bond donors (Lipinski definition) is 0. The molecule has 0 bridgehead atoms. The molecule has 4 rings (SSSR count). The van der Waals surface area contributed by atoms with Gasteiger partial charge in [-0.1, -0.05) is 5.21 Å². The summed E-state index contributed by atoms with van der Waals surface area (Å²) in [5.41, 5.74) is 0.831. The highest BCUT2D eigenvalue weighted by molar-refractivity contribution is 5.81. The second kappa shape index (κ2) is 4.82. The van der Waals surface area contributed by atoms with E-state index in [1.165, 1.54) is 0 Å². The van der Waals surface area contributed by atoms with Gasteiger partial charge in [0.15, 0.2) is 0 Å². The molecule has 3 aliphatic rings. The van der Waals surface area contributed by atoms with Crippen molar-refractivity contribution < 1.29 is 9.59 Å². The van der Waals surface area contributed by atoms with Gasteiger partial charge in [-0.05, 0) is 19.3 Å². The average Bonchev–Trinajstić information content (AvgIpc) is 3.06. The summed E-state index contributed by atoms with van der Waals surface area (Å²) in [6, 6.07) is 0.239. The predicted molar refractivity (Wildman–Crippen MR) is 73.0 cm³/mol. The zero-order chi connectivity index (χ0) is 14.4. The minimum Gasteiger partial charge on any atom is -0.338 e. The highest BCUT2D eigenvalue weighted by Crippen LogP contribution is 2.34. The van der Waals surface area contributed by atoms with Gasteiger partial charge < -0.3 is 9.80 Å². The van der Waals surface area contributed by atoms with Gasteiger partial charge in [-0.15, -0.1) is 5.10 Å².